The van der Waals surface area contributed by atoms with E-state index < -0.39 is 17.6 Å². The minimum atomic E-state index is -0.996. The molecular formula is C8H8N2O3S. The molecule has 1 aliphatic heterocycles. The van der Waals surface area contributed by atoms with Crippen molar-refractivity contribution in [2.45, 2.75) is 11.1 Å². The highest BCUT2D eigenvalue weighted by Crippen LogP contribution is 2.31. The fourth-order valence-corrected chi connectivity index (χ4v) is 2.52. The summed E-state index contributed by atoms with van der Waals surface area (Å²) in [5, 5.41) is 9.52. The summed E-state index contributed by atoms with van der Waals surface area (Å²) in [5.74, 6) is -0.613. The SMILES string of the molecule is Nc1ccc2n(c1=O)C(C(=O)O)CS2. The monoisotopic (exact) mass is 212 g/mol. The van der Waals surface area contributed by atoms with Crippen LogP contribution in [-0.4, -0.2) is 21.4 Å². The second kappa shape index (κ2) is 3.06. The number of nitrogen functional groups attached to an aromatic ring is 1. The first-order valence-electron chi connectivity index (χ1n) is 3.98. The van der Waals surface area contributed by atoms with E-state index in [9.17, 15) is 9.59 Å². The van der Waals surface area contributed by atoms with Crippen LogP contribution in [0.5, 0.6) is 0 Å². The Bertz CT molecular complexity index is 454. The molecule has 74 valence electrons. The number of pyridine rings is 1. The molecule has 1 unspecified atom stereocenters. The van der Waals surface area contributed by atoms with Crippen LogP contribution >= 0.6 is 11.8 Å². The van der Waals surface area contributed by atoms with Gasteiger partial charge in [0, 0.05) is 5.75 Å². The molecule has 14 heavy (non-hydrogen) atoms. The number of carbonyl (C=O) groups is 1. The molecule has 3 N–H and O–H groups in total. The molecule has 2 heterocycles. The lowest BCUT2D eigenvalue weighted by molar-refractivity contribution is -0.140. The van der Waals surface area contributed by atoms with Crippen LogP contribution in [0.15, 0.2) is 22.0 Å². The lowest BCUT2D eigenvalue weighted by Gasteiger charge is -2.08. The Morgan fingerprint density at radius 3 is 3.00 bits per heavy atom. The quantitative estimate of drug-likeness (QED) is 0.692. The van der Waals surface area contributed by atoms with E-state index in [1.165, 1.54) is 22.4 Å². The van der Waals surface area contributed by atoms with E-state index >= 15 is 0 Å². The summed E-state index contributed by atoms with van der Waals surface area (Å²) in [4.78, 5) is 22.4. The molecule has 2 rings (SSSR count). The van der Waals surface area contributed by atoms with Gasteiger partial charge >= 0.3 is 5.97 Å². The highest BCUT2D eigenvalue weighted by Gasteiger charge is 2.29. The summed E-state index contributed by atoms with van der Waals surface area (Å²) in [6, 6.07) is 2.39. The van der Waals surface area contributed by atoms with E-state index in [0.717, 1.165) is 0 Å². The van der Waals surface area contributed by atoms with Gasteiger partial charge < -0.3 is 10.8 Å². The van der Waals surface area contributed by atoms with E-state index in [1.54, 1.807) is 6.07 Å². The summed E-state index contributed by atoms with van der Waals surface area (Å²) < 4.78 is 1.24. The molecule has 0 saturated carbocycles. The van der Waals surface area contributed by atoms with Gasteiger partial charge in [-0.15, -0.1) is 11.8 Å². The van der Waals surface area contributed by atoms with Gasteiger partial charge in [-0.2, -0.15) is 0 Å². The van der Waals surface area contributed by atoms with Crippen LogP contribution in [0.2, 0.25) is 0 Å². The molecule has 1 aliphatic rings. The number of rotatable bonds is 1. The largest absolute Gasteiger partial charge is 0.480 e. The molecule has 0 fully saturated rings. The van der Waals surface area contributed by atoms with Gasteiger partial charge in [-0.3, -0.25) is 9.36 Å². The third-order valence-corrected chi connectivity index (χ3v) is 3.21. The molecule has 1 atom stereocenters. The molecule has 0 radical (unpaired) electrons. The molecule has 0 aromatic carbocycles. The van der Waals surface area contributed by atoms with Gasteiger partial charge in [0.25, 0.3) is 5.56 Å². The number of aromatic nitrogens is 1. The molecule has 5 nitrogen and oxygen atoms in total. The minimum Gasteiger partial charge on any atom is -0.480 e. The number of carboxylic acid groups (broad SMARTS) is 1. The van der Waals surface area contributed by atoms with Gasteiger partial charge in [0.05, 0.1) is 10.7 Å². The lowest BCUT2D eigenvalue weighted by Crippen LogP contribution is -2.29. The first-order chi connectivity index (χ1) is 6.61. The van der Waals surface area contributed by atoms with Crippen LogP contribution in [-0.2, 0) is 4.79 Å². The van der Waals surface area contributed by atoms with Gasteiger partial charge in [0.1, 0.15) is 6.04 Å². The van der Waals surface area contributed by atoms with E-state index in [1.807, 2.05) is 0 Å². The zero-order valence-corrected chi connectivity index (χ0v) is 7.95. The first-order valence-corrected chi connectivity index (χ1v) is 4.96. The molecule has 0 aliphatic carbocycles. The van der Waals surface area contributed by atoms with Crippen LogP contribution in [0.1, 0.15) is 6.04 Å². The highest BCUT2D eigenvalue weighted by atomic mass is 32.2. The Morgan fingerprint density at radius 2 is 2.36 bits per heavy atom. The van der Waals surface area contributed by atoms with Crippen LogP contribution in [0.25, 0.3) is 0 Å². The van der Waals surface area contributed by atoms with Crippen LogP contribution in [0, 0.1) is 0 Å². The minimum absolute atomic E-state index is 0.0856. The predicted octanol–water partition coefficient (Wildman–Crippen LogP) is 0.162. The summed E-state index contributed by atoms with van der Waals surface area (Å²) in [5.41, 5.74) is 5.09. The number of fused-ring (bicyclic) bond motifs is 1. The average Bonchev–Trinajstić information content (AvgIpc) is 2.55. The topological polar surface area (TPSA) is 85.3 Å². The number of carboxylic acids is 1. The third-order valence-electron chi connectivity index (χ3n) is 2.09. The molecule has 0 amide bonds. The zero-order valence-electron chi connectivity index (χ0n) is 7.14. The maximum Gasteiger partial charge on any atom is 0.327 e. The average molecular weight is 212 g/mol. The molecule has 0 saturated heterocycles. The smallest absolute Gasteiger partial charge is 0.327 e. The molecule has 1 aromatic rings. The van der Waals surface area contributed by atoms with E-state index in [-0.39, 0.29) is 5.69 Å². The van der Waals surface area contributed by atoms with Crippen molar-refractivity contribution in [2.75, 3.05) is 11.5 Å². The van der Waals surface area contributed by atoms with Crippen molar-refractivity contribution in [2.24, 2.45) is 0 Å². The number of hydrogen-bond donors (Lipinski definition) is 2. The number of nitrogens with two attached hydrogens (primary N) is 1. The Balaban J connectivity index is 2.63. The van der Waals surface area contributed by atoms with E-state index in [2.05, 4.69) is 0 Å². The van der Waals surface area contributed by atoms with Crippen molar-refractivity contribution >= 4 is 23.4 Å². The summed E-state index contributed by atoms with van der Waals surface area (Å²) in [6.07, 6.45) is 0. The fraction of sp³-hybridized carbons (Fsp3) is 0.250. The number of anilines is 1. The Morgan fingerprint density at radius 1 is 1.64 bits per heavy atom. The van der Waals surface area contributed by atoms with Crippen molar-refractivity contribution < 1.29 is 9.90 Å². The second-order valence-corrected chi connectivity index (χ2v) is 4.01. The number of thioether (sulfide) groups is 1. The summed E-state index contributed by atoms with van der Waals surface area (Å²) >= 11 is 1.35. The summed E-state index contributed by atoms with van der Waals surface area (Å²) in [7, 11) is 0. The first kappa shape index (κ1) is 9.14. The highest BCUT2D eigenvalue weighted by molar-refractivity contribution is 7.99. The van der Waals surface area contributed by atoms with Gasteiger partial charge in [-0.25, -0.2) is 4.79 Å². The number of aliphatic carboxylic acids is 1. The van der Waals surface area contributed by atoms with Crippen molar-refractivity contribution in [3.63, 3.8) is 0 Å². The summed E-state index contributed by atoms with van der Waals surface area (Å²) in [6.45, 7) is 0. The molecule has 0 bridgehead atoms. The molecule has 1 aromatic heterocycles. The van der Waals surface area contributed by atoms with Gasteiger partial charge in [-0.1, -0.05) is 0 Å². The van der Waals surface area contributed by atoms with Crippen molar-refractivity contribution in [1.29, 1.82) is 0 Å². The van der Waals surface area contributed by atoms with Crippen molar-refractivity contribution in [1.82, 2.24) is 4.57 Å². The van der Waals surface area contributed by atoms with Crippen molar-refractivity contribution in [3.8, 4) is 0 Å². The molecule has 6 heteroatoms. The van der Waals surface area contributed by atoms with Crippen LogP contribution < -0.4 is 11.3 Å². The van der Waals surface area contributed by atoms with E-state index in [4.69, 9.17) is 10.8 Å². The van der Waals surface area contributed by atoms with E-state index in [0.29, 0.717) is 10.8 Å². The van der Waals surface area contributed by atoms with Crippen LogP contribution in [0.3, 0.4) is 0 Å². The predicted molar refractivity (Wildman–Crippen MR) is 52.5 cm³/mol. The van der Waals surface area contributed by atoms with Gasteiger partial charge in [0.15, 0.2) is 0 Å². The maximum atomic E-state index is 11.5. The second-order valence-electron chi connectivity index (χ2n) is 2.97. The van der Waals surface area contributed by atoms with Gasteiger partial charge in [-0.05, 0) is 12.1 Å². The third kappa shape index (κ3) is 1.19. The number of hydrogen-bond acceptors (Lipinski definition) is 4. The Kier molecular flexibility index (Phi) is 1.99. The Labute approximate surface area is 83.5 Å². The van der Waals surface area contributed by atoms with Crippen LogP contribution in [0.4, 0.5) is 5.69 Å². The standard InChI is InChI=1S/C8H8N2O3S/c9-4-1-2-6-10(7(4)11)5(3-14-6)8(12)13/h1-2,5H,3,9H2,(H,12,13). The van der Waals surface area contributed by atoms with Gasteiger partial charge in [0.2, 0.25) is 0 Å². The zero-order chi connectivity index (χ0) is 10.3. The normalized spacial score (nSPS) is 19.3. The molecular weight excluding hydrogens is 204 g/mol. The lowest BCUT2D eigenvalue weighted by atomic mass is 10.3. The molecule has 0 spiro atoms. The Hall–Kier alpha value is -1.43. The maximum absolute atomic E-state index is 11.5. The number of nitrogens with zero attached hydrogens (tertiary/aromatic N) is 1. The van der Waals surface area contributed by atoms with Crippen molar-refractivity contribution in [3.05, 3.63) is 22.5 Å². The fourth-order valence-electron chi connectivity index (χ4n) is 1.39.